The number of ether oxygens (including phenoxy) is 2. The number of carbonyl (C=O) groups excluding carboxylic acids is 2. The molecule has 1 amide bonds. The fraction of sp³-hybridized carbons (Fsp3) is 0.222. The second-order valence-corrected chi connectivity index (χ2v) is 5.07. The maximum atomic E-state index is 11.8. The van der Waals surface area contributed by atoms with E-state index in [0.717, 1.165) is 16.9 Å². The summed E-state index contributed by atoms with van der Waals surface area (Å²) < 4.78 is 10.0. The number of rotatable bonds is 6. The SMILES string of the molecule is COc1ccc(CNC(=O)COC(=O)c2ccc(C)cc2)cc1. The highest BCUT2D eigenvalue weighted by molar-refractivity contribution is 5.91. The first-order valence-electron chi connectivity index (χ1n) is 7.22. The van der Waals surface area contributed by atoms with Crippen LogP contribution in [0.25, 0.3) is 0 Å². The van der Waals surface area contributed by atoms with Gasteiger partial charge in [0.05, 0.1) is 12.7 Å². The number of benzene rings is 2. The minimum absolute atomic E-state index is 0.303. The quantitative estimate of drug-likeness (QED) is 0.832. The standard InChI is InChI=1S/C18H19NO4/c1-13-3-7-15(8-4-13)18(21)23-12-17(20)19-11-14-5-9-16(22-2)10-6-14/h3-10H,11-12H2,1-2H3,(H,19,20). The molecule has 5 heteroatoms. The molecule has 2 rings (SSSR count). The van der Waals surface area contributed by atoms with Crippen LogP contribution in [0.15, 0.2) is 48.5 Å². The molecule has 2 aromatic carbocycles. The Bertz CT molecular complexity index is 662. The number of methoxy groups -OCH3 is 1. The van der Waals surface area contributed by atoms with E-state index < -0.39 is 5.97 Å². The van der Waals surface area contributed by atoms with Gasteiger partial charge in [-0.05, 0) is 36.8 Å². The van der Waals surface area contributed by atoms with E-state index in [1.807, 2.05) is 43.3 Å². The van der Waals surface area contributed by atoms with E-state index in [2.05, 4.69) is 5.32 Å². The van der Waals surface area contributed by atoms with Crippen molar-refractivity contribution in [2.75, 3.05) is 13.7 Å². The highest BCUT2D eigenvalue weighted by atomic mass is 16.5. The van der Waals surface area contributed by atoms with Crippen molar-refractivity contribution in [3.8, 4) is 5.75 Å². The molecule has 0 aliphatic heterocycles. The lowest BCUT2D eigenvalue weighted by molar-refractivity contribution is -0.124. The molecule has 1 N–H and O–H groups in total. The van der Waals surface area contributed by atoms with Crippen LogP contribution in [0.4, 0.5) is 0 Å². The van der Waals surface area contributed by atoms with Crippen LogP contribution >= 0.6 is 0 Å². The van der Waals surface area contributed by atoms with Gasteiger partial charge in [0.25, 0.3) is 5.91 Å². The Morgan fingerprint density at radius 2 is 1.65 bits per heavy atom. The zero-order valence-corrected chi connectivity index (χ0v) is 13.2. The van der Waals surface area contributed by atoms with E-state index in [4.69, 9.17) is 9.47 Å². The van der Waals surface area contributed by atoms with Gasteiger partial charge >= 0.3 is 5.97 Å². The molecule has 0 heterocycles. The Kier molecular flexibility index (Phi) is 5.74. The summed E-state index contributed by atoms with van der Waals surface area (Å²) in [6.45, 7) is 2.00. The molecular formula is C18H19NO4. The van der Waals surface area contributed by atoms with Gasteiger partial charge in [0.1, 0.15) is 5.75 Å². The largest absolute Gasteiger partial charge is 0.497 e. The van der Waals surface area contributed by atoms with Gasteiger partial charge in [-0.25, -0.2) is 4.79 Å². The van der Waals surface area contributed by atoms with Crippen molar-refractivity contribution in [2.24, 2.45) is 0 Å². The average Bonchev–Trinajstić information content (AvgIpc) is 2.59. The summed E-state index contributed by atoms with van der Waals surface area (Å²) in [5.41, 5.74) is 2.42. The van der Waals surface area contributed by atoms with Crippen LogP contribution in [0.5, 0.6) is 5.75 Å². The van der Waals surface area contributed by atoms with E-state index in [1.54, 1.807) is 19.2 Å². The van der Waals surface area contributed by atoms with Crippen molar-refractivity contribution >= 4 is 11.9 Å². The molecule has 0 aromatic heterocycles. The molecule has 0 aliphatic carbocycles. The number of esters is 1. The van der Waals surface area contributed by atoms with E-state index >= 15 is 0 Å². The molecule has 23 heavy (non-hydrogen) atoms. The fourth-order valence-electron chi connectivity index (χ4n) is 1.90. The Balaban J connectivity index is 1.76. The monoisotopic (exact) mass is 313 g/mol. The normalized spacial score (nSPS) is 10.0. The molecule has 2 aromatic rings. The Morgan fingerprint density at radius 1 is 1.00 bits per heavy atom. The van der Waals surface area contributed by atoms with E-state index in [-0.39, 0.29) is 12.5 Å². The lowest BCUT2D eigenvalue weighted by atomic mass is 10.1. The zero-order chi connectivity index (χ0) is 16.7. The highest BCUT2D eigenvalue weighted by Gasteiger charge is 2.09. The molecule has 0 spiro atoms. The van der Waals surface area contributed by atoms with Gasteiger partial charge in [-0.3, -0.25) is 4.79 Å². The smallest absolute Gasteiger partial charge is 0.338 e. The van der Waals surface area contributed by atoms with Crippen LogP contribution in [0.3, 0.4) is 0 Å². The third kappa shape index (κ3) is 5.14. The minimum atomic E-state index is -0.510. The number of amides is 1. The maximum absolute atomic E-state index is 11.8. The van der Waals surface area contributed by atoms with Gasteiger partial charge < -0.3 is 14.8 Å². The Morgan fingerprint density at radius 3 is 2.26 bits per heavy atom. The molecule has 0 aliphatic rings. The van der Waals surface area contributed by atoms with Crippen molar-refractivity contribution in [1.82, 2.24) is 5.32 Å². The van der Waals surface area contributed by atoms with E-state index in [0.29, 0.717) is 12.1 Å². The Labute approximate surface area is 135 Å². The predicted octanol–water partition coefficient (Wildman–Crippen LogP) is 2.48. The van der Waals surface area contributed by atoms with Crippen LogP contribution in [0.1, 0.15) is 21.5 Å². The lowest BCUT2D eigenvalue weighted by Crippen LogP contribution is -2.28. The van der Waals surface area contributed by atoms with E-state index in [9.17, 15) is 9.59 Å². The second kappa shape index (κ2) is 7.98. The van der Waals surface area contributed by atoms with Crippen molar-refractivity contribution in [3.63, 3.8) is 0 Å². The van der Waals surface area contributed by atoms with Crippen molar-refractivity contribution in [3.05, 3.63) is 65.2 Å². The second-order valence-electron chi connectivity index (χ2n) is 5.07. The molecule has 0 fully saturated rings. The first-order chi connectivity index (χ1) is 11.1. The number of nitrogens with one attached hydrogen (secondary N) is 1. The number of hydrogen-bond acceptors (Lipinski definition) is 4. The van der Waals surface area contributed by atoms with Crippen LogP contribution < -0.4 is 10.1 Å². The Hall–Kier alpha value is -2.82. The van der Waals surface area contributed by atoms with Gasteiger partial charge in [-0.2, -0.15) is 0 Å². The third-order valence-electron chi connectivity index (χ3n) is 3.27. The summed E-state index contributed by atoms with van der Waals surface area (Å²) in [7, 11) is 1.60. The summed E-state index contributed by atoms with van der Waals surface area (Å²) >= 11 is 0. The van der Waals surface area contributed by atoms with Crippen LogP contribution in [-0.4, -0.2) is 25.6 Å². The molecule has 0 radical (unpaired) electrons. The van der Waals surface area contributed by atoms with Gasteiger partial charge in [-0.15, -0.1) is 0 Å². The van der Waals surface area contributed by atoms with Crippen molar-refractivity contribution < 1.29 is 19.1 Å². The lowest BCUT2D eigenvalue weighted by Gasteiger charge is -2.07. The summed E-state index contributed by atoms with van der Waals surface area (Å²) in [5, 5.41) is 2.70. The minimum Gasteiger partial charge on any atom is -0.497 e. The molecule has 0 saturated carbocycles. The maximum Gasteiger partial charge on any atom is 0.338 e. The molecule has 5 nitrogen and oxygen atoms in total. The average molecular weight is 313 g/mol. The summed E-state index contributed by atoms with van der Waals surface area (Å²) in [5.74, 6) is -0.0991. The molecule has 120 valence electrons. The molecular weight excluding hydrogens is 294 g/mol. The first kappa shape index (κ1) is 16.5. The summed E-state index contributed by atoms with van der Waals surface area (Å²) in [6, 6.07) is 14.3. The van der Waals surface area contributed by atoms with Gasteiger partial charge in [0.2, 0.25) is 0 Å². The molecule has 0 saturated heterocycles. The molecule has 0 unspecified atom stereocenters. The van der Waals surface area contributed by atoms with Gasteiger partial charge in [-0.1, -0.05) is 29.8 Å². The number of hydrogen-bond donors (Lipinski definition) is 1. The van der Waals surface area contributed by atoms with Crippen LogP contribution in [0.2, 0.25) is 0 Å². The van der Waals surface area contributed by atoms with Crippen molar-refractivity contribution in [2.45, 2.75) is 13.5 Å². The summed E-state index contributed by atoms with van der Waals surface area (Å²) in [6.07, 6.45) is 0. The summed E-state index contributed by atoms with van der Waals surface area (Å²) in [4.78, 5) is 23.5. The molecule has 0 atom stereocenters. The van der Waals surface area contributed by atoms with Crippen LogP contribution in [0, 0.1) is 6.92 Å². The predicted molar refractivity (Wildman–Crippen MR) is 86.3 cm³/mol. The topological polar surface area (TPSA) is 64.6 Å². The van der Waals surface area contributed by atoms with Crippen LogP contribution in [-0.2, 0) is 16.1 Å². The van der Waals surface area contributed by atoms with Crippen molar-refractivity contribution in [1.29, 1.82) is 0 Å². The van der Waals surface area contributed by atoms with E-state index in [1.165, 1.54) is 0 Å². The third-order valence-corrected chi connectivity index (χ3v) is 3.27. The number of carbonyl (C=O) groups is 2. The number of aryl methyl sites for hydroxylation is 1. The highest BCUT2D eigenvalue weighted by Crippen LogP contribution is 2.11. The van der Waals surface area contributed by atoms with Gasteiger partial charge in [0, 0.05) is 6.54 Å². The zero-order valence-electron chi connectivity index (χ0n) is 13.2. The van der Waals surface area contributed by atoms with Gasteiger partial charge in [0.15, 0.2) is 6.61 Å². The molecule has 0 bridgehead atoms. The fourth-order valence-corrected chi connectivity index (χ4v) is 1.90. The first-order valence-corrected chi connectivity index (χ1v) is 7.22.